The van der Waals surface area contributed by atoms with Gasteiger partial charge in [-0.1, -0.05) is 0 Å². The van der Waals surface area contributed by atoms with Crippen LogP contribution in [0.25, 0.3) is 0 Å². The molecular weight excluding hydrogens is 186 g/mol. The summed E-state index contributed by atoms with van der Waals surface area (Å²) >= 11 is 0. The molecule has 5 heteroatoms. The van der Waals surface area contributed by atoms with Crippen molar-refractivity contribution in [3.05, 3.63) is 0 Å². The van der Waals surface area contributed by atoms with Gasteiger partial charge in [-0.2, -0.15) is 0 Å². The van der Waals surface area contributed by atoms with E-state index < -0.39 is 12.2 Å². The van der Waals surface area contributed by atoms with E-state index in [0.29, 0.717) is 6.61 Å². The highest BCUT2D eigenvalue weighted by atomic mass is 16.5. The third-order valence-corrected chi connectivity index (χ3v) is 2.78. The Hall–Kier alpha value is -0.650. The van der Waals surface area contributed by atoms with Crippen LogP contribution in [-0.2, 0) is 9.53 Å². The molecule has 0 aromatic carbocycles. The van der Waals surface area contributed by atoms with E-state index >= 15 is 0 Å². The average Bonchev–Trinajstić information content (AvgIpc) is 2.76. The molecule has 0 saturated carbocycles. The smallest absolute Gasteiger partial charge is 0.251 e. The summed E-state index contributed by atoms with van der Waals surface area (Å²) in [7, 11) is 0. The molecule has 0 aromatic heterocycles. The van der Waals surface area contributed by atoms with Gasteiger partial charge in [0, 0.05) is 19.7 Å². The lowest BCUT2D eigenvalue weighted by Gasteiger charge is -2.19. The zero-order valence-corrected chi connectivity index (χ0v) is 7.93. The zero-order chi connectivity index (χ0) is 10.1. The molecule has 14 heavy (non-hydrogen) atoms. The molecule has 3 atom stereocenters. The van der Waals surface area contributed by atoms with E-state index in [-0.39, 0.29) is 25.1 Å². The Labute approximate surface area is 82.3 Å². The molecule has 0 aromatic rings. The quantitative estimate of drug-likeness (QED) is 0.555. The molecule has 2 aliphatic rings. The molecule has 2 fully saturated rings. The van der Waals surface area contributed by atoms with Gasteiger partial charge < -0.3 is 19.8 Å². The lowest BCUT2D eigenvalue weighted by Crippen LogP contribution is -2.38. The second kappa shape index (κ2) is 3.84. The van der Waals surface area contributed by atoms with Gasteiger partial charge in [0.2, 0.25) is 0 Å². The molecule has 2 saturated heterocycles. The standard InChI is InChI=1S/C9H15NO4/c11-6-4-10(5-7(6)12)9(13)8-2-1-3-14-8/h6-8,11-12H,1-5H2/t6-,7+,8-/m1/s1. The normalized spacial score (nSPS) is 37.9. The molecule has 0 spiro atoms. The van der Waals surface area contributed by atoms with Crippen LogP contribution < -0.4 is 0 Å². The predicted octanol–water partition coefficient (Wildman–Crippen LogP) is -1.27. The molecule has 5 nitrogen and oxygen atoms in total. The van der Waals surface area contributed by atoms with E-state index in [2.05, 4.69) is 0 Å². The summed E-state index contributed by atoms with van der Waals surface area (Å²) in [5, 5.41) is 18.6. The molecule has 0 aliphatic carbocycles. The highest BCUT2D eigenvalue weighted by Gasteiger charge is 2.36. The number of hydrogen-bond acceptors (Lipinski definition) is 4. The Morgan fingerprint density at radius 2 is 1.93 bits per heavy atom. The van der Waals surface area contributed by atoms with Gasteiger partial charge in [-0.3, -0.25) is 4.79 Å². The first kappa shape index (κ1) is 9.89. The van der Waals surface area contributed by atoms with Crippen molar-refractivity contribution < 1.29 is 19.7 Å². The highest BCUT2D eigenvalue weighted by Crippen LogP contribution is 2.18. The van der Waals surface area contributed by atoms with Crippen LogP contribution in [0.15, 0.2) is 0 Å². The van der Waals surface area contributed by atoms with E-state index in [1.165, 1.54) is 4.90 Å². The maximum absolute atomic E-state index is 11.7. The second-order valence-electron chi connectivity index (χ2n) is 3.88. The summed E-state index contributed by atoms with van der Waals surface area (Å²) in [4.78, 5) is 13.2. The van der Waals surface area contributed by atoms with Gasteiger partial charge in [-0.05, 0) is 12.8 Å². The van der Waals surface area contributed by atoms with Crippen molar-refractivity contribution in [3.63, 3.8) is 0 Å². The summed E-state index contributed by atoms with van der Waals surface area (Å²) in [6, 6.07) is 0. The van der Waals surface area contributed by atoms with Crippen molar-refractivity contribution in [2.24, 2.45) is 0 Å². The van der Waals surface area contributed by atoms with Crippen LogP contribution in [0.5, 0.6) is 0 Å². The monoisotopic (exact) mass is 201 g/mol. The maximum Gasteiger partial charge on any atom is 0.251 e. The average molecular weight is 201 g/mol. The van der Waals surface area contributed by atoms with Crippen LogP contribution in [0.1, 0.15) is 12.8 Å². The van der Waals surface area contributed by atoms with Crippen LogP contribution in [0.2, 0.25) is 0 Å². The maximum atomic E-state index is 11.7. The summed E-state index contributed by atoms with van der Waals surface area (Å²) in [6.45, 7) is 1.08. The number of likely N-dealkylation sites (tertiary alicyclic amines) is 1. The molecule has 2 N–H and O–H groups in total. The molecule has 2 aliphatic heterocycles. The van der Waals surface area contributed by atoms with Gasteiger partial charge in [0.25, 0.3) is 5.91 Å². The number of hydrogen-bond donors (Lipinski definition) is 2. The molecule has 2 rings (SSSR count). The fourth-order valence-corrected chi connectivity index (χ4v) is 1.93. The number of β-amino-alcohol motifs (C(OH)–C–C–N with tert-alkyl or cyclic N) is 2. The van der Waals surface area contributed by atoms with Gasteiger partial charge in [0.15, 0.2) is 0 Å². The van der Waals surface area contributed by atoms with E-state index in [0.717, 1.165) is 12.8 Å². The second-order valence-corrected chi connectivity index (χ2v) is 3.88. The predicted molar refractivity (Wildman–Crippen MR) is 47.6 cm³/mol. The third-order valence-electron chi connectivity index (χ3n) is 2.78. The first-order valence-corrected chi connectivity index (χ1v) is 4.95. The van der Waals surface area contributed by atoms with Crippen molar-refractivity contribution in [1.82, 2.24) is 4.90 Å². The van der Waals surface area contributed by atoms with Crippen molar-refractivity contribution in [1.29, 1.82) is 0 Å². The minimum Gasteiger partial charge on any atom is -0.388 e. The summed E-state index contributed by atoms with van der Waals surface area (Å²) in [5.41, 5.74) is 0. The van der Waals surface area contributed by atoms with E-state index in [4.69, 9.17) is 4.74 Å². The van der Waals surface area contributed by atoms with Crippen molar-refractivity contribution >= 4 is 5.91 Å². The summed E-state index contributed by atoms with van der Waals surface area (Å²) in [6.07, 6.45) is -0.301. The van der Waals surface area contributed by atoms with Crippen LogP contribution in [0, 0.1) is 0 Å². The molecule has 0 radical (unpaired) electrons. The fraction of sp³-hybridized carbons (Fsp3) is 0.889. The molecule has 0 bridgehead atoms. The Bertz CT molecular complexity index is 217. The Morgan fingerprint density at radius 1 is 1.29 bits per heavy atom. The lowest BCUT2D eigenvalue weighted by atomic mass is 10.2. The number of aliphatic hydroxyl groups is 2. The van der Waals surface area contributed by atoms with E-state index in [9.17, 15) is 15.0 Å². The van der Waals surface area contributed by atoms with Gasteiger partial charge in [0.1, 0.15) is 6.10 Å². The van der Waals surface area contributed by atoms with Crippen LogP contribution >= 0.6 is 0 Å². The molecule has 0 unspecified atom stereocenters. The molecular formula is C9H15NO4. The Balaban J connectivity index is 1.92. The Morgan fingerprint density at radius 3 is 2.43 bits per heavy atom. The molecule has 1 amide bonds. The topological polar surface area (TPSA) is 70.0 Å². The first-order chi connectivity index (χ1) is 6.68. The Kier molecular flexibility index (Phi) is 2.71. The van der Waals surface area contributed by atoms with Crippen molar-refractivity contribution in [3.8, 4) is 0 Å². The number of carbonyl (C=O) groups excluding carboxylic acids is 1. The van der Waals surface area contributed by atoms with Crippen LogP contribution in [0.3, 0.4) is 0 Å². The molecule has 80 valence electrons. The van der Waals surface area contributed by atoms with Crippen LogP contribution in [-0.4, -0.2) is 59.0 Å². The lowest BCUT2D eigenvalue weighted by molar-refractivity contribution is -0.140. The number of amides is 1. The first-order valence-electron chi connectivity index (χ1n) is 4.95. The number of rotatable bonds is 1. The number of aliphatic hydroxyl groups excluding tert-OH is 2. The molecule has 2 heterocycles. The zero-order valence-electron chi connectivity index (χ0n) is 7.93. The van der Waals surface area contributed by atoms with Gasteiger partial charge in [-0.15, -0.1) is 0 Å². The van der Waals surface area contributed by atoms with Gasteiger partial charge in [0.05, 0.1) is 12.2 Å². The summed E-state index contributed by atoms with van der Waals surface area (Å²) in [5.74, 6) is -0.0990. The fourth-order valence-electron chi connectivity index (χ4n) is 1.93. The number of ether oxygens (including phenoxy) is 1. The number of nitrogens with zero attached hydrogens (tertiary/aromatic N) is 1. The minimum atomic E-state index is -0.805. The SMILES string of the molecule is O=C([C@H]1CCCO1)N1C[C@@H](O)[C@@H](O)C1. The highest BCUT2D eigenvalue weighted by molar-refractivity contribution is 5.81. The largest absolute Gasteiger partial charge is 0.388 e. The number of carbonyl (C=O) groups is 1. The summed E-state index contributed by atoms with van der Waals surface area (Å²) < 4.78 is 5.24. The third kappa shape index (κ3) is 1.75. The minimum absolute atomic E-state index is 0.0990. The van der Waals surface area contributed by atoms with Gasteiger partial charge >= 0.3 is 0 Å². The van der Waals surface area contributed by atoms with Gasteiger partial charge in [-0.25, -0.2) is 0 Å². The van der Waals surface area contributed by atoms with E-state index in [1.807, 2.05) is 0 Å². The van der Waals surface area contributed by atoms with Crippen LogP contribution in [0.4, 0.5) is 0 Å². The van der Waals surface area contributed by atoms with E-state index in [1.54, 1.807) is 0 Å². The van der Waals surface area contributed by atoms with Crippen molar-refractivity contribution in [2.75, 3.05) is 19.7 Å². The van der Waals surface area contributed by atoms with Crippen molar-refractivity contribution in [2.45, 2.75) is 31.2 Å².